The number of hydrogen-bond donors (Lipinski definition) is 2. The summed E-state index contributed by atoms with van der Waals surface area (Å²) in [6.07, 6.45) is 0.823. The second kappa shape index (κ2) is 4.56. The fraction of sp³-hybridized carbons (Fsp3) is 0.188. The maximum Gasteiger partial charge on any atom is 0.258 e. The van der Waals surface area contributed by atoms with Crippen LogP contribution in [-0.4, -0.2) is 17.6 Å². The van der Waals surface area contributed by atoms with Crippen LogP contribution in [0.2, 0.25) is 0 Å². The number of hydrogen-bond acceptors (Lipinski definition) is 3. The minimum Gasteiger partial charge on any atom is -0.508 e. The Labute approximate surface area is 117 Å². The Hall–Kier alpha value is -2.49. The number of aryl methyl sites for hydroxylation is 1. The average molecular weight is 268 g/mol. The van der Waals surface area contributed by atoms with E-state index in [-0.39, 0.29) is 11.7 Å². The first-order chi connectivity index (χ1) is 9.58. The molecular formula is C16H16N2O2. The number of phenols is 1. The van der Waals surface area contributed by atoms with Gasteiger partial charge in [0.25, 0.3) is 5.91 Å². The fourth-order valence-electron chi connectivity index (χ4n) is 2.72. The number of phenolic OH excluding ortho intramolecular Hbond substituents is 1. The van der Waals surface area contributed by atoms with Crippen LogP contribution in [0, 0.1) is 6.92 Å². The van der Waals surface area contributed by atoms with E-state index in [1.807, 2.05) is 25.1 Å². The number of carbonyl (C=O) groups is 1. The van der Waals surface area contributed by atoms with E-state index in [2.05, 4.69) is 0 Å². The molecule has 2 aromatic rings. The molecule has 0 unspecified atom stereocenters. The van der Waals surface area contributed by atoms with Gasteiger partial charge in [-0.2, -0.15) is 0 Å². The third-order valence-corrected chi connectivity index (χ3v) is 3.71. The number of fused-ring (bicyclic) bond motifs is 1. The Kier molecular flexibility index (Phi) is 2.86. The molecule has 0 saturated carbocycles. The van der Waals surface area contributed by atoms with Crippen LogP contribution in [0.1, 0.15) is 21.5 Å². The van der Waals surface area contributed by atoms with Crippen molar-refractivity contribution in [3.05, 3.63) is 53.1 Å². The third-order valence-electron chi connectivity index (χ3n) is 3.71. The molecule has 0 fully saturated rings. The number of nitrogens with two attached hydrogens (primary N) is 1. The molecular weight excluding hydrogens is 252 g/mol. The van der Waals surface area contributed by atoms with Gasteiger partial charge >= 0.3 is 0 Å². The highest BCUT2D eigenvalue weighted by Gasteiger charge is 2.28. The summed E-state index contributed by atoms with van der Waals surface area (Å²) in [6.45, 7) is 2.46. The van der Waals surface area contributed by atoms with Crippen LogP contribution in [0.15, 0.2) is 36.4 Å². The van der Waals surface area contributed by atoms with Crippen LogP contribution < -0.4 is 10.6 Å². The number of para-hydroxylation sites is 1. The summed E-state index contributed by atoms with van der Waals surface area (Å²) in [7, 11) is 0. The summed E-state index contributed by atoms with van der Waals surface area (Å²) in [5.41, 5.74) is 9.92. The molecule has 102 valence electrons. The molecule has 1 heterocycles. The standard InChI is InChI=1S/C16H16N2O2/c1-10-9-12(19)5-6-13(10)16(20)18-8-7-11-3-2-4-14(17)15(11)18/h2-6,9,19H,7-8,17H2,1H3. The summed E-state index contributed by atoms with van der Waals surface area (Å²) >= 11 is 0. The Balaban J connectivity index is 2.02. The summed E-state index contributed by atoms with van der Waals surface area (Å²) in [5.74, 6) is 0.0968. The van der Waals surface area contributed by atoms with Crippen molar-refractivity contribution < 1.29 is 9.90 Å². The number of amides is 1. The molecule has 0 bridgehead atoms. The highest BCUT2D eigenvalue weighted by atomic mass is 16.3. The summed E-state index contributed by atoms with van der Waals surface area (Å²) in [6, 6.07) is 10.5. The number of rotatable bonds is 1. The van der Waals surface area contributed by atoms with Crippen LogP contribution in [-0.2, 0) is 6.42 Å². The first-order valence-electron chi connectivity index (χ1n) is 6.57. The maximum absolute atomic E-state index is 12.7. The molecule has 20 heavy (non-hydrogen) atoms. The molecule has 2 aromatic carbocycles. The fourth-order valence-corrected chi connectivity index (χ4v) is 2.72. The van der Waals surface area contributed by atoms with Gasteiger partial charge in [0.05, 0.1) is 11.4 Å². The molecule has 0 spiro atoms. The second-order valence-corrected chi connectivity index (χ2v) is 5.06. The molecule has 0 radical (unpaired) electrons. The number of nitrogen functional groups attached to an aromatic ring is 1. The van der Waals surface area contributed by atoms with E-state index in [0.717, 1.165) is 23.2 Å². The normalized spacial score (nSPS) is 13.3. The Morgan fingerprint density at radius 3 is 2.85 bits per heavy atom. The highest BCUT2D eigenvalue weighted by Crippen LogP contribution is 2.35. The maximum atomic E-state index is 12.7. The van der Waals surface area contributed by atoms with E-state index < -0.39 is 0 Å². The van der Waals surface area contributed by atoms with Gasteiger partial charge in [0.15, 0.2) is 0 Å². The van der Waals surface area contributed by atoms with E-state index in [4.69, 9.17) is 5.73 Å². The molecule has 4 nitrogen and oxygen atoms in total. The van der Waals surface area contributed by atoms with Crippen molar-refractivity contribution in [1.82, 2.24) is 0 Å². The van der Waals surface area contributed by atoms with E-state index in [1.165, 1.54) is 6.07 Å². The molecule has 0 aromatic heterocycles. The van der Waals surface area contributed by atoms with Crippen LogP contribution in [0.4, 0.5) is 11.4 Å². The van der Waals surface area contributed by atoms with Gasteiger partial charge in [0.1, 0.15) is 5.75 Å². The predicted octanol–water partition coefficient (Wildman–Crippen LogP) is 2.49. The van der Waals surface area contributed by atoms with Gasteiger partial charge in [-0.15, -0.1) is 0 Å². The lowest BCUT2D eigenvalue weighted by molar-refractivity contribution is 0.0989. The zero-order valence-corrected chi connectivity index (χ0v) is 11.3. The van der Waals surface area contributed by atoms with Crippen molar-refractivity contribution in [3.63, 3.8) is 0 Å². The number of anilines is 2. The summed E-state index contributed by atoms with van der Waals surface area (Å²) in [5, 5.41) is 9.44. The minimum absolute atomic E-state index is 0.0702. The predicted molar refractivity (Wildman–Crippen MR) is 79.1 cm³/mol. The van der Waals surface area contributed by atoms with Crippen molar-refractivity contribution in [3.8, 4) is 5.75 Å². The van der Waals surface area contributed by atoms with Gasteiger partial charge in [-0.3, -0.25) is 4.79 Å². The number of carbonyl (C=O) groups excluding carboxylic acids is 1. The van der Waals surface area contributed by atoms with Crippen molar-refractivity contribution in [2.24, 2.45) is 0 Å². The zero-order valence-electron chi connectivity index (χ0n) is 11.3. The number of aromatic hydroxyl groups is 1. The summed E-state index contributed by atoms with van der Waals surface area (Å²) < 4.78 is 0. The molecule has 3 N–H and O–H groups in total. The first kappa shape index (κ1) is 12.5. The zero-order chi connectivity index (χ0) is 14.3. The molecule has 1 aliphatic heterocycles. The van der Waals surface area contributed by atoms with E-state index in [9.17, 15) is 9.90 Å². The van der Waals surface area contributed by atoms with Gasteiger partial charge < -0.3 is 15.7 Å². The van der Waals surface area contributed by atoms with Gasteiger partial charge in [-0.25, -0.2) is 0 Å². The van der Waals surface area contributed by atoms with Crippen molar-refractivity contribution in [2.75, 3.05) is 17.2 Å². The van der Waals surface area contributed by atoms with E-state index in [1.54, 1.807) is 17.0 Å². The van der Waals surface area contributed by atoms with Gasteiger partial charge in [0.2, 0.25) is 0 Å². The van der Waals surface area contributed by atoms with Crippen LogP contribution >= 0.6 is 0 Å². The topological polar surface area (TPSA) is 66.6 Å². The van der Waals surface area contributed by atoms with E-state index in [0.29, 0.717) is 17.8 Å². The van der Waals surface area contributed by atoms with Crippen molar-refractivity contribution in [1.29, 1.82) is 0 Å². The first-order valence-corrected chi connectivity index (χ1v) is 6.57. The molecule has 3 rings (SSSR count). The SMILES string of the molecule is Cc1cc(O)ccc1C(=O)N1CCc2cccc(N)c21. The molecule has 0 saturated heterocycles. The molecule has 1 amide bonds. The quantitative estimate of drug-likeness (QED) is 0.781. The molecule has 0 atom stereocenters. The van der Waals surface area contributed by atoms with Gasteiger partial charge in [-0.05, 0) is 48.7 Å². The number of benzene rings is 2. The van der Waals surface area contributed by atoms with Crippen LogP contribution in [0.25, 0.3) is 0 Å². The molecule has 0 aliphatic carbocycles. The number of nitrogens with zero attached hydrogens (tertiary/aromatic N) is 1. The van der Waals surface area contributed by atoms with Crippen LogP contribution in [0.5, 0.6) is 5.75 Å². The minimum atomic E-state index is -0.0702. The second-order valence-electron chi connectivity index (χ2n) is 5.06. The van der Waals surface area contributed by atoms with E-state index >= 15 is 0 Å². The lowest BCUT2D eigenvalue weighted by atomic mass is 10.1. The van der Waals surface area contributed by atoms with Gasteiger partial charge in [0, 0.05) is 12.1 Å². The largest absolute Gasteiger partial charge is 0.508 e. The monoisotopic (exact) mass is 268 g/mol. The molecule has 1 aliphatic rings. The van der Waals surface area contributed by atoms with Crippen LogP contribution in [0.3, 0.4) is 0 Å². The molecule has 4 heteroatoms. The highest BCUT2D eigenvalue weighted by molar-refractivity contribution is 6.09. The lowest BCUT2D eigenvalue weighted by Gasteiger charge is -2.20. The Morgan fingerprint density at radius 1 is 1.30 bits per heavy atom. The third kappa shape index (κ3) is 1.90. The smallest absolute Gasteiger partial charge is 0.258 e. The van der Waals surface area contributed by atoms with Crippen molar-refractivity contribution >= 4 is 17.3 Å². The average Bonchev–Trinajstić information content (AvgIpc) is 2.83. The van der Waals surface area contributed by atoms with Gasteiger partial charge in [-0.1, -0.05) is 12.1 Å². The Morgan fingerprint density at radius 2 is 2.10 bits per heavy atom. The van der Waals surface area contributed by atoms with Crippen molar-refractivity contribution in [2.45, 2.75) is 13.3 Å². The Bertz CT molecular complexity index is 695. The summed E-state index contributed by atoms with van der Waals surface area (Å²) in [4.78, 5) is 14.4. The lowest BCUT2D eigenvalue weighted by Crippen LogP contribution is -2.30.